The van der Waals surface area contributed by atoms with Gasteiger partial charge in [-0.1, -0.05) is 25.1 Å². The fourth-order valence-electron chi connectivity index (χ4n) is 3.89. The molecule has 2 aromatic heterocycles. The van der Waals surface area contributed by atoms with E-state index in [4.69, 9.17) is 14.0 Å². The minimum absolute atomic E-state index is 0.00367. The molecule has 3 aromatic rings. The number of hydrogen-bond donors (Lipinski definition) is 2. The van der Waals surface area contributed by atoms with Crippen LogP contribution >= 0.6 is 0 Å². The Morgan fingerprint density at radius 2 is 2.12 bits per heavy atom. The first-order valence-corrected chi connectivity index (χ1v) is 10.8. The van der Waals surface area contributed by atoms with E-state index in [0.717, 1.165) is 28.1 Å². The number of methoxy groups -OCH3 is 1. The van der Waals surface area contributed by atoms with E-state index < -0.39 is 0 Å². The van der Waals surface area contributed by atoms with Gasteiger partial charge in [-0.15, -0.1) is 0 Å². The van der Waals surface area contributed by atoms with Gasteiger partial charge < -0.3 is 29.2 Å². The number of anilines is 1. The third kappa shape index (κ3) is 4.63. The van der Waals surface area contributed by atoms with Crippen LogP contribution in [-0.4, -0.2) is 54.2 Å². The molecule has 0 saturated heterocycles. The molecule has 2 N–H and O–H groups in total. The van der Waals surface area contributed by atoms with Crippen LogP contribution in [0.25, 0.3) is 11.1 Å². The van der Waals surface area contributed by atoms with Gasteiger partial charge in [0.2, 0.25) is 11.8 Å². The number of fused-ring (bicyclic) bond motifs is 1. The van der Waals surface area contributed by atoms with Crippen molar-refractivity contribution in [3.8, 4) is 17.0 Å². The SMILES string of the molecule is COc1[nH]ccc1C(=O)N(C)CCOCc1noc(C(C)C)c1-c1ccc2c(c1)CC(=O)N2. The minimum atomic E-state index is -0.151. The van der Waals surface area contributed by atoms with Gasteiger partial charge >= 0.3 is 0 Å². The molecule has 0 bridgehead atoms. The highest BCUT2D eigenvalue weighted by Gasteiger charge is 2.24. The Morgan fingerprint density at radius 1 is 1.30 bits per heavy atom. The van der Waals surface area contributed by atoms with E-state index in [1.807, 2.05) is 32.0 Å². The number of nitrogens with one attached hydrogen (secondary N) is 2. The molecule has 9 heteroatoms. The van der Waals surface area contributed by atoms with E-state index in [1.165, 1.54) is 7.11 Å². The zero-order chi connectivity index (χ0) is 23.5. The van der Waals surface area contributed by atoms with Gasteiger partial charge in [-0.2, -0.15) is 0 Å². The fourth-order valence-corrected chi connectivity index (χ4v) is 3.89. The monoisotopic (exact) mass is 452 g/mol. The molecule has 1 aliphatic rings. The second kappa shape index (κ2) is 9.50. The number of benzene rings is 1. The van der Waals surface area contributed by atoms with Crippen LogP contribution in [0.3, 0.4) is 0 Å². The van der Waals surface area contributed by atoms with Crippen molar-refractivity contribution in [1.29, 1.82) is 0 Å². The summed E-state index contributed by atoms with van der Waals surface area (Å²) in [5, 5.41) is 7.11. The second-order valence-corrected chi connectivity index (χ2v) is 8.32. The van der Waals surface area contributed by atoms with Crippen LogP contribution in [0.5, 0.6) is 5.88 Å². The number of aromatic nitrogens is 2. The maximum Gasteiger partial charge on any atom is 0.259 e. The molecule has 33 heavy (non-hydrogen) atoms. The van der Waals surface area contributed by atoms with Crippen LogP contribution in [-0.2, 0) is 22.6 Å². The Morgan fingerprint density at radius 3 is 2.88 bits per heavy atom. The highest BCUT2D eigenvalue weighted by Crippen LogP contribution is 2.36. The molecule has 3 heterocycles. The summed E-state index contributed by atoms with van der Waals surface area (Å²) in [6, 6.07) is 7.56. The average molecular weight is 453 g/mol. The predicted molar refractivity (Wildman–Crippen MR) is 122 cm³/mol. The van der Waals surface area contributed by atoms with E-state index in [2.05, 4.69) is 15.5 Å². The largest absolute Gasteiger partial charge is 0.482 e. The molecule has 4 rings (SSSR count). The molecule has 0 radical (unpaired) electrons. The first kappa shape index (κ1) is 22.6. The minimum Gasteiger partial charge on any atom is -0.482 e. The zero-order valence-electron chi connectivity index (χ0n) is 19.2. The van der Waals surface area contributed by atoms with Gasteiger partial charge in [0.25, 0.3) is 5.91 Å². The first-order valence-electron chi connectivity index (χ1n) is 10.8. The summed E-state index contributed by atoms with van der Waals surface area (Å²) < 4.78 is 16.7. The quantitative estimate of drug-likeness (QED) is 0.480. The number of rotatable bonds is 9. The van der Waals surface area contributed by atoms with Crippen molar-refractivity contribution in [1.82, 2.24) is 15.0 Å². The zero-order valence-corrected chi connectivity index (χ0v) is 19.2. The van der Waals surface area contributed by atoms with E-state index >= 15 is 0 Å². The summed E-state index contributed by atoms with van der Waals surface area (Å²) in [5.41, 5.74) is 4.81. The first-order chi connectivity index (χ1) is 15.9. The molecular weight excluding hydrogens is 424 g/mol. The molecular formula is C24H28N4O5. The highest BCUT2D eigenvalue weighted by atomic mass is 16.5. The van der Waals surface area contributed by atoms with Gasteiger partial charge in [-0.25, -0.2) is 0 Å². The molecule has 9 nitrogen and oxygen atoms in total. The van der Waals surface area contributed by atoms with Crippen molar-refractivity contribution in [2.75, 3.05) is 32.6 Å². The van der Waals surface area contributed by atoms with Gasteiger partial charge in [-0.05, 0) is 29.3 Å². The third-order valence-electron chi connectivity index (χ3n) is 5.63. The number of hydrogen-bond acceptors (Lipinski definition) is 6. The molecule has 0 atom stereocenters. The van der Waals surface area contributed by atoms with Crippen LogP contribution in [0.1, 0.15) is 47.1 Å². The summed E-state index contributed by atoms with van der Waals surface area (Å²) >= 11 is 0. The van der Waals surface area contributed by atoms with Crippen LogP contribution in [0.2, 0.25) is 0 Å². The van der Waals surface area contributed by atoms with Crippen molar-refractivity contribution in [3.63, 3.8) is 0 Å². The lowest BCUT2D eigenvalue weighted by molar-refractivity contribution is -0.115. The normalized spacial score (nSPS) is 12.7. The van der Waals surface area contributed by atoms with E-state index in [1.54, 1.807) is 24.2 Å². The fraction of sp³-hybridized carbons (Fsp3) is 0.375. The maximum absolute atomic E-state index is 12.6. The van der Waals surface area contributed by atoms with E-state index in [-0.39, 0.29) is 24.3 Å². The maximum atomic E-state index is 12.6. The summed E-state index contributed by atoms with van der Waals surface area (Å²) in [6.45, 7) is 5.08. The molecule has 0 saturated carbocycles. The van der Waals surface area contributed by atoms with Crippen molar-refractivity contribution >= 4 is 17.5 Å². The van der Waals surface area contributed by atoms with E-state index in [0.29, 0.717) is 36.7 Å². The Balaban J connectivity index is 1.43. The molecule has 2 amide bonds. The van der Waals surface area contributed by atoms with E-state index in [9.17, 15) is 9.59 Å². The lowest BCUT2D eigenvalue weighted by Gasteiger charge is -2.17. The number of aromatic amines is 1. The van der Waals surface area contributed by atoms with Gasteiger partial charge in [0.15, 0.2) is 0 Å². The van der Waals surface area contributed by atoms with Gasteiger partial charge in [0.05, 0.1) is 32.3 Å². The lowest BCUT2D eigenvalue weighted by atomic mass is 9.96. The van der Waals surface area contributed by atoms with Crippen molar-refractivity contribution in [2.24, 2.45) is 0 Å². The summed E-state index contributed by atoms with van der Waals surface area (Å²) in [5.74, 6) is 1.19. The lowest BCUT2D eigenvalue weighted by Crippen LogP contribution is -2.30. The summed E-state index contributed by atoms with van der Waals surface area (Å²) in [7, 11) is 3.23. The smallest absolute Gasteiger partial charge is 0.259 e. The topological polar surface area (TPSA) is 110 Å². The van der Waals surface area contributed by atoms with Crippen LogP contribution < -0.4 is 10.1 Å². The predicted octanol–water partition coefficient (Wildman–Crippen LogP) is 3.59. The summed E-state index contributed by atoms with van der Waals surface area (Å²) in [4.78, 5) is 28.8. The summed E-state index contributed by atoms with van der Waals surface area (Å²) in [6.07, 6.45) is 2.03. The van der Waals surface area contributed by atoms with Crippen molar-refractivity contribution in [2.45, 2.75) is 32.8 Å². The average Bonchev–Trinajstić information content (AvgIpc) is 3.52. The molecule has 0 unspecified atom stereocenters. The Kier molecular flexibility index (Phi) is 6.50. The van der Waals surface area contributed by atoms with Gasteiger partial charge in [0, 0.05) is 31.4 Å². The third-order valence-corrected chi connectivity index (χ3v) is 5.63. The van der Waals surface area contributed by atoms with Gasteiger partial charge in [-0.3, -0.25) is 9.59 Å². The number of carbonyl (C=O) groups excluding carboxylic acids is 2. The molecule has 174 valence electrons. The molecule has 0 aliphatic carbocycles. The van der Waals surface area contributed by atoms with Crippen LogP contribution in [0.15, 0.2) is 35.0 Å². The number of amides is 2. The molecule has 0 fully saturated rings. The van der Waals surface area contributed by atoms with Crippen molar-refractivity contribution in [3.05, 3.63) is 53.0 Å². The molecule has 1 aromatic carbocycles. The Bertz CT molecular complexity index is 1160. The second-order valence-electron chi connectivity index (χ2n) is 8.32. The number of carbonyl (C=O) groups is 2. The van der Waals surface area contributed by atoms with Crippen molar-refractivity contribution < 1.29 is 23.6 Å². The highest BCUT2D eigenvalue weighted by molar-refractivity contribution is 5.99. The number of likely N-dealkylation sites (N-methyl/N-ethyl adjacent to an activating group) is 1. The molecule has 1 aliphatic heterocycles. The molecule has 0 spiro atoms. The van der Waals surface area contributed by atoms with Crippen LogP contribution in [0.4, 0.5) is 5.69 Å². The number of nitrogens with zero attached hydrogens (tertiary/aromatic N) is 2. The van der Waals surface area contributed by atoms with Gasteiger partial charge in [0.1, 0.15) is 17.0 Å². The number of H-pyrrole nitrogens is 1. The Hall–Kier alpha value is -3.59. The van der Waals surface area contributed by atoms with Crippen LogP contribution in [0, 0.1) is 0 Å². The standard InChI is InChI=1S/C24H28N4O5/c1-14(2)22-21(15-5-6-18-16(11-15)12-20(29)26-18)19(27-33-22)13-32-10-9-28(3)24(30)17-7-8-25-23(17)31-4/h5-8,11,14,25H,9-10,12-13H2,1-4H3,(H,26,29). The number of ether oxygens (including phenoxy) is 2. The Labute approximate surface area is 192 Å².